The minimum absolute atomic E-state index is 0.0281. The molecule has 2 atom stereocenters. The average Bonchev–Trinajstić information content (AvgIpc) is 2.88. The summed E-state index contributed by atoms with van der Waals surface area (Å²) < 4.78 is 0. The normalized spacial score (nSPS) is 12.6. The molecular formula is C30H35ClN2O2S. The molecule has 0 saturated heterocycles. The minimum atomic E-state index is -0.617. The average molecular weight is 523 g/mol. The zero-order valence-electron chi connectivity index (χ0n) is 21.2. The molecular weight excluding hydrogens is 488 g/mol. The molecule has 0 aliphatic heterocycles. The monoisotopic (exact) mass is 522 g/mol. The van der Waals surface area contributed by atoms with E-state index in [0.29, 0.717) is 30.2 Å². The molecule has 0 spiro atoms. The quantitative estimate of drug-likeness (QED) is 0.270. The molecule has 0 fully saturated rings. The highest BCUT2D eigenvalue weighted by Gasteiger charge is 2.30. The maximum atomic E-state index is 13.7. The van der Waals surface area contributed by atoms with Crippen molar-refractivity contribution in [1.82, 2.24) is 10.2 Å². The number of halogens is 1. The van der Waals surface area contributed by atoms with Gasteiger partial charge in [0.2, 0.25) is 11.8 Å². The third kappa shape index (κ3) is 8.72. The number of amides is 2. The molecule has 0 heterocycles. The van der Waals surface area contributed by atoms with Crippen LogP contribution in [0.25, 0.3) is 0 Å². The second-order valence-corrected chi connectivity index (χ2v) is 10.7. The van der Waals surface area contributed by atoms with E-state index in [4.69, 9.17) is 11.6 Å². The predicted molar refractivity (Wildman–Crippen MR) is 150 cm³/mol. The van der Waals surface area contributed by atoms with Gasteiger partial charge in [0, 0.05) is 41.1 Å². The largest absolute Gasteiger partial charge is 0.352 e. The van der Waals surface area contributed by atoms with Crippen molar-refractivity contribution in [2.24, 2.45) is 0 Å². The Morgan fingerprint density at radius 3 is 2.25 bits per heavy atom. The number of carbonyl (C=O) groups is 2. The van der Waals surface area contributed by atoms with E-state index in [9.17, 15) is 9.59 Å². The van der Waals surface area contributed by atoms with E-state index < -0.39 is 6.04 Å². The molecule has 0 saturated carbocycles. The Bertz CT molecular complexity index is 1100. The summed E-state index contributed by atoms with van der Waals surface area (Å²) in [6.07, 6.45) is 1.61. The lowest BCUT2D eigenvalue weighted by molar-refractivity contribution is -0.141. The number of nitrogens with one attached hydrogen (secondary N) is 1. The predicted octanol–water partition coefficient (Wildman–Crippen LogP) is 6.69. The van der Waals surface area contributed by atoms with Crippen LogP contribution in [0, 0.1) is 6.92 Å². The molecule has 2 amide bonds. The first-order valence-corrected chi connectivity index (χ1v) is 13.8. The van der Waals surface area contributed by atoms with E-state index in [0.717, 1.165) is 22.4 Å². The van der Waals surface area contributed by atoms with Crippen molar-refractivity contribution in [3.63, 3.8) is 0 Å². The Morgan fingerprint density at radius 2 is 1.61 bits per heavy atom. The fourth-order valence-electron chi connectivity index (χ4n) is 3.82. The molecule has 6 heteroatoms. The highest BCUT2D eigenvalue weighted by atomic mass is 35.5. The first-order valence-electron chi connectivity index (χ1n) is 12.4. The van der Waals surface area contributed by atoms with Gasteiger partial charge in [0.25, 0.3) is 0 Å². The number of benzene rings is 3. The number of aryl methyl sites for hydroxylation is 1. The molecule has 36 heavy (non-hydrogen) atoms. The van der Waals surface area contributed by atoms with Crippen LogP contribution in [0.3, 0.4) is 0 Å². The lowest BCUT2D eigenvalue weighted by Crippen LogP contribution is -2.52. The molecule has 0 radical (unpaired) electrons. The van der Waals surface area contributed by atoms with Crippen molar-refractivity contribution >= 4 is 35.2 Å². The van der Waals surface area contributed by atoms with Crippen LogP contribution in [-0.2, 0) is 22.6 Å². The lowest BCUT2D eigenvalue weighted by atomic mass is 10.0. The van der Waals surface area contributed by atoms with Gasteiger partial charge < -0.3 is 10.2 Å². The molecule has 3 rings (SSSR count). The van der Waals surface area contributed by atoms with E-state index in [1.54, 1.807) is 16.7 Å². The van der Waals surface area contributed by atoms with Crippen molar-refractivity contribution in [2.75, 3.05) is 5.75 Å². The van der Waals surface area contributed by atoms with Crippen LogP contribution in [0.15, 0.2) is 83.8 Å². The maximum Gasteiger partial charge on any atom is 0.243 e. The van der Waals surface area contributed by atoms with E-state index in [1.807, 2.05) is 68.4 Å². The summed E-state index contributed by atoms with van der Waals surface area (Å²) in [6.45, 7) is 6.43. The summed E-state index contributed by atoms with van der Waals surface area (Å²) in [5.74, 6) is 0.482. The molecule has 0 aliphatic rings. The molecule has 1 N–H and O–H groups in total. The first-order chi connectivity index (χ1) is 17.4. The fourth-order valence-corrected chi connectivity index (χ4v) is 4.78. The molecule has 4 nitrogen and oxygen atoms in total. The number of rotatable bonds is 12. The second-order valence-electron chi connectivity index (χ2n) is 9.08. The summed E-state index contributed by atoms with van der Waals surface area (Å²) in [4.78, 5) is 30.0. The number of thioether (sulfide) groups is 1. The van der Waals surface area contributed by atoms with Gasteiger partial charge in [-0.2, -0.15) is 0 Å². The van der Waals surface area contributed by atoms with E-state index >= 15 is 0 Å². The van der Waals surface area contributed by atoms with Gasteiger partial charge in [-0.1, -0.05) is 78.7 Å². The number of hydrogen-bond acceptors (Lipinski definition) is 3. The minimum Gasteiger partial charge on any atom is -0.352 e. The van der Waals surface area contributed by atoms with Crippen LogP contribution in [-0.4, -0.2) is 34.6 Å². The fraction of sp³-hybridized carbons (Fsp3) is 0.333. The summed E-state index contributed by atoms with van der Waals surface area (Å²) in [5, 5.41) is 3.75. The Balaban J connectivity index is 1.84. The van der Waals surface area contributed by atoms with Gasteiger partial charge in [0.15, 0.2) is 0 Å². The molecule has 3 aromatic rings. The van der Waals surface area contributed by atoms with E-state index in [1.165, 1.54) is 5.56 Å². The van der Waals surface area contributed by atoms with Crippen molar-refractivity contribution < 1.29 is 9.59 Å². The van der Waals surface area contributed by atoms with Crippen LogP contribution >= 0.6 is 23.4 Å². The van der Waals surface area contributed by atoms with Crippen LogP contribution in [0.2, 0.25) is 5.02 Å². The van der Waals surface area contributed by atoms with Gasteiger partial charge in [-0.25, -0.2) is 0 Å². The van der Waals surface area contributed by atoms with Crippen molar-refractivity contribution in [3.05, 3.63) is 101 Å². The molecule has 0 bridgehead atoms. The smallest absolute Gasteiger partial charge is 0.243 e. The standard InChI is InChI=1S/C30H35ClN2O2S/c1-4-23(3)32-30(35)28(20-24-8-6-5-7-9-24)33(21-25-12-14-26(31)15-13-25)29(34)18-19-36-27-16-10-22(2)11-17-27/h5-17,23,28H,4,18-21H2,1-3H3,(H,32,35). The van der Waals surface area contributed by atoms with Crippen molar-refractivity contribution in [3.8, 4) is 0 Å². The summed E-state index contributed by atoms with van der Waals surface area (Å²) in [6, 6.07) is 25.1. The van der Waals surface area contributed by atoms with Crippen LogP contribution in [0.1, 0.15) is 43.4 Å². The zero-order valence-corrected chi connectivity index (χ0v) is 22.8. The Morgan fingerprint density at radius 1 is 0.944 bits per heavy atom. The first kappa shape index (κ1) is 27.8. The second kappa shape index (κ2) is 14.1. The van der Waals surface area contributed by atoms with Gasteiger partial charge in [-0.3, -0.25) is 9.59 Å². The molecule has 0 aromatic heterocycles. The number of hydrogen-bond donors (Lipinski definition) is 1. The van der Waals surface area contributed by atoms with Crippen molar-refractivity contribution in [1.29, 1.82) is 0 Å². The molecule has 190 valence electrons. The van der Waals surface area contributed by atoms with E-state index in [2.05, 4.69) is 36.5 Å². The van der Waals surface area contributed by atoms with Gasteiger partial charge >= 0.3 is 0 Å². The highest BCUT2D eigenvalue weighted by Crippen LogP contribution is 2.22. The topological polar surface area (TPSA) is 49.4 Å². The van der Waals surface area contributed by atoms with Crippen molar-refractivity contribution in [2.45, 2.75) is 63.6 Å². The van der Waals surface area contributed by atoms with Gasteiger partial charge in [-0.05, 0) is 55.7 Å². The summed E-state index contributed by atoms with van der Waals surface area (Å²) in [7, 11) is 0. The zero-order chi connectivity index (χ0) is 25.9. The molecule has 3 aromatic carbocycles. The van der Waals surface area contributed by atoms with Gasteiger partial charge in [0.05, 0.1) is 0 Å². The summed E-state index contributed by atoms with van der Waals surface area (Å²) in [5.41, 5.74) is 3.17. The SMILES string of the molecule is CCC(C)NC(=O)C(Cc1ccccc1)N(Cc1ccc(Cl)cc1)C(=O)CCSc1ccc(C)cc1. The van der Waals surface area contributed by atoms with Crippen LogP contribution in [0.4, 0.5) is 0 Å². The van der Waals surface area contributed by atoms with Crippen LogP contribution in [0.5, 0.6) is 0 Å². The Hall–Kier alpha value is -2.76. The third-order valence-electron chi connectivity index (χ3n) is 6.14. The Kier molecular flexibility index (Phi) is 10.9. The highest BCUT2D eigenvalue weighted by molar-refractivity contribution is 7.99. The molecule has 0 aliphatic carbocycles. The lowest BCUT2D eigenvalue weighted by Gasteiger charge is -2.32. The maximum absolute atomic E-state index is 13.7. The van der Waals surface area contributed by atoms with E-state index in [-0.39, 0.29) is 17.9 Å². The van der Waals surface area contributed by atoms with Crippen LogP contribution < -0.4 is 5.32 Å². The molecule has 2 unspecified atom stereocenters. The van der Waals surface area contributed by atoms with Gasteiger partial charge in [-0.15, -0.1) is 11.8 Å². The Labute approximate surface area is 224 Å². The third-order valence-corrected chi connectivity index (χ3v) is 7.41. The number of carbonyl (C=O) groups excluding carboxylic acids is 2. The summed E-state index contributed by atoms with van der Waals surface area (Å²) >= 11 is 7.75. The number of nitrogens with zero attached hydrogens (tertiary/aromatic N) is 1. The van der Waals surface area contributed by atoms with Gasteiger partial charge in [0.1, 0.15) is 6.04 Å².